The molecule has 36 heavy (non-hydrogen) atoms. The molecule has 3 N–H and O–H groups in total. The first-order chi connectivity index (χ1) is 17.1. The molecule has 4 aromatic rings. The number of anilines is 1. The number of carboxylic acid groups (broad SMARTS) is 1. The van der Waals surface area contributed by atoms with Gasteiger partial charge in [0.25, 0.3) is 5.91 Å². The van der Waals surface area contributed by atoms with Crippen molar-refractivity contribution in [3.05, 3.63) is 88.8 Å². The maximum Gasteiger partial charge on any atom is 0.512 e. The van der Waals surface area contributed by atoms with Crippen LogP contribution in [-0.2, 0) is 6.18 Å². The molecule has 2 aromatic heterocycles. The normalized spacial score (nSPS) is 11.1. The molecule has 0 saturated heterocycles. The number of pyridine rings is 1. The van der Waals surface area contributed by atoms with Gasteiger partial charge in [-0.05, 0) is 48.0 Å². The van der Waals surface area contributed by atoms with Crippen LogP contribution in [0.1, 0.15) is 16.1 Å². The third-order valence-corrected chi connectivity index (χ3v) is 5.45. The molecule has 0 fully saturated rings. The van der Waals surface area contributed by atoms with Gasteiger partial charge in [-0.25, -0.2) is 9.78 Å². The summed E-state index contributed by atoms with van der Waals surface area (Å²) >= 11 is 2.86. The van der Waals surface area contributed by atoms with Gasteiger partial charge < -0.3 is 24.9 Å². The molecule has 1 amide bonds. The van der Waals surface area contributed by atoms with Crippen LogP contribution in [0, 0.1) is 0 Å². The summed E-state index contributed by atoms with van der Waals surface area (Å²) in [6.07, 6.45) is -3.18. The Hall–Kier alpha value is -4.32. The van der Waals surface area contributed by atoms with Gasteiger partial charge in [-0.2, -0.15) is 13.2 Å². The van der Waals surface area contributed by atoms with Crippen molar-refractivity contribution in [2.24, 2.45) is 0 Å². The fraction of sp³-hybridized carbons (Fsp3) is 0.0417. The minimum atomic E-state index is -4.58. The maximum atomic E-state index is 13.1. The van der Waals surface area contributed by atoms with E-state index in [1.165, 1.54) is 30.5 Å². The van der Waals surface area contributed by atoms with Crippen LogP contribution >= 0.6 is 15.9 Å². The molecule has 0 radical (unpaired) electrons. The van der Waals surface area contributed by atoms with E-state index in [-0.39, 0.29) is 21.7 Å². The van der Waals surface area contributed by atoms with E-state index in [4.69, 9.17) is 9.84 Å². The van der Waals surface area contributed by atoms with Gasteiger partial charge in [0.1, 0.15) is 17.2 Å². The molecule has 0 aliphatic heterocycles. The molecule has 0 unspecified atom stereocenters. The molecular weight excluding hydrogens is 547 g/mol. The number of aromatic amines is 1. The maximum absolute atomic E-state index is 13.1. The van der Waals surface area contributed by atoms with Crippen LogP contribution in [0.3, 0.4) is 0 Å². The third-order valence-electron chi connectivity index (χ3n) is 4.76. The van der Waals surface area contributed by atoms with Crippen molar-refractivity contribution < 1.29 is 37.3 Å². The summed E-state index contributed by atoms with van der Waals surface area (Å²) < 4.78 is 49.5. The summed E-state index contributed by atoms with van der Waals surface area (Å²) in [5, 5.41) is 11.2. The molecule has 2 aromatic carbocycles. The molecule has 184 valence electrons. The Bertz CT molecular complexity index is 1440. The van der Waals surface area contributed by atoms with Crippen molar-refractivity contribution in [3.8, 4) is 28.5 Å². The smallest absolute Gasteiger partial charge is 0.457 e. The molecule has 0 spiro atoms. The van der Waals surface area contributed by atoms with Crippen LogP contribution < -0.4 is 14.8 Å². The van der Waals surface area contributed by atoms with E-state index in [0.29, 0.717) is 22.6 Å². The minimum absolute atomic E-state index is 0.00864. The summed E-state index contributed by atoms with van der Waals surface area (Å²) in [5.74, 6) is -0.0561. The van der Waals surface area contributed by atoms with Crippen LogP contribution in [0.4, 0.5) is 23.7 Å². The Labute approximate surface area is 209 Å². The van der Waals surface area contributed by atoms with Gasteiger partial charge in [0.15, 0.2) is 0 Å². The highest BCUT2D eigenvalue weighted by Gasteiger charge is 2.33. The largest absolute Gasteiger partial charge is 0.512 e. The Morgan fingerprint density at radius 3 is 2.53 bits per heavy atom. The summed E-state index contributed by atoms with van der Waals surface area (Å²) in [5.41, 5.74) is 0.534. The number of ether oxygens (including phenoxy) is 2. The highest BCUT2D eigenvalue weighted by Crippen LogP contribution is 2.36. The van der Waals surface area contributed by atoms with E-state index in [1.807, 2.05) is 0 Å². The van der Waals surface area contributed by atoms with Gasteiger partial charge in [-0.3, -0.25) is 4.79 Å². The second-order valence-corrected chi connectivity index (χ2v) is 8.13. The SMILES string of the molecule is O=C(O)Oc1cc(Oc2cccc(-c3c[nH]c(C(=O)Nc4ccc(Br)c(C(F)(F)F)c4)c3)c2)ccn1. The Morgan fingerprint density at radius 2 is 1.78 bits per heavy atom. The number of rotatable bonds is 6. The quantitative estimate of drug-likeness (QED) is 0.219. The number of carbonyl (C=O) groups excluding carboxylic acids is 1. The van der Waals surface area contributed by atoms with Crippen LogP contribution in [0.2, 0.25) is 0 Å². The molecule has 0 aliphatic rings. The Balaban J connectivity index is 1.49. The van der Waals surface area contributed by atoms with Crippen molar-refractivity contribution in [2.45, 2.75) is 6.18 Å². The second kappa shape index (κ2) is 10.1. The standard InChI is InChI=1S/C24H15BrF3N3O5/c25-19-5-4-15(10-18(19)24(26,27)28)31-22(32)20-9-14(12-30-20)13-2-1-3-16(8-13)35-17-6-7-29-21(11-17)36-23(33)34/h1-12,30H,(H,31,32)(H,33,34). The second-order valence-electron chi connectivity index (χ2n) is 7.28. The summed E-state index contributed by atoms with van der Waals surface area (Å²) in [4.78, 5) is 29.9. The lowest BCUT2D eigenvalue weighted by Crippen LogP contribution is -2.13. The van der Waals surface area contributed by atoms with Crippen molar-refractivity contribution in [1.29, 1.82) is 0 Å². The lowest BCUT2D eigenvalue weighted by Gasteiger charge is -2.11. The first-order valence-corrected chi connectivity index (χ1v) is 10.9. The van der Waals surface area contributed by atoms with Crippen molar-refractivity contribution in [1.82, 2.24) is 9.97 Å². The fourth-order valence-corrected chi connectivity index (χ4v) is 3.66. The van der Waals surface area contributed by atoms with Gasteiger partial charge in [-0.1, -0.05) is 28.1 Å². The number of hydrogen-bond donors (Lipinski definition) is 3. The van der Waals surface area contributed by atoms with E-state index < -0.39 is 23.8 Å². The number of carbonyl (C=O) groups is 2. The number of nitrogens with zero attached hydrogens (tertiary/aromatic N) is 1. The molecule has 4 rings (SSSR count). The Morgan fingerprint density at radius 1 is 1.00 bits per heavy atom. The van der Waals surface area contributed by atoms with Crippen molar-refractivity contribution >= 4 is 33.7 Å². The zero-order valence-electron chi connectivity index (χ0n) is 18.0. The number of amides is 1. The number of halogens is 4. The predicted octanol–water partition coefficient (Wildman–Crippen LogP) is 6.96. The summed E-state index contributed by atoms with van der Waals surface area (Å²) in [6.45, 7) is 0. The highest BCUT2D eigenvalue weighted by molar-refractivity contribution is 9.10. The number of aromatic nitrogens is 2. The van der Waals surface area contributed by atoms with E-state index in [2.05, 4.69) is 36.0 Å². The first kappa shape index (κ1) is 24.8. The first-order valence-electron chi connectivity index (χ1n) is 10.1. The zero-order valence-corrected chi connectivity index (χ0v) is 19.6. The molecule has 12 heteroatoms. The van der Waals surface area contributed by atoms with Gasteiger partial charge in [0.05, 0.1) is 5.56 Å². The molecule has 0 bridgehead atoms. The third kappa shape index (κ3) is 6.02. The number of nitrogens with one attached hydrogen (secondary N) is 2. The topological polar surface area (TPSA) is 114 Å². The lowest BCUT2D eigenvalue weighted by molar-refractivity contribution is -0.138. The van der Waals surface area contributed by atoms with Crippen LogP contribution in [0.15, 0.2) is 77.5 Å². The molecule has 2 heterocycles. The van der Waals surface area contributed by atoms with E-state index >= 15 is 0 Å². The summed E-state index contributed by atoms with van der Waals surface area (Å²) in [6, 6.07) is 14.6. The number of H-pyrrole nitrogens is 1. The van der Waals surface area contributed by atoms with E-state index in [0.717, 1.165) is 6.07 Å². The van der Waals surface area contributed by atoms with E-state index in [9.17, 15) is 22.8 Å². The van der Waals surface area contributed by atoms with Gasteiger partial charge in [0, 0.05) is 34.2 Å². The van der Waals surface area contributed by atoms with Gasteiger partial charge in [0.2, 0.25) is 5.88 Å². The number of hydrogen-bond acceptors (Lipinski definition) is 5. The zero-order chi connectivity index (χ0) is 25.9. The number of alkyl halides is 3. The monoisotopic (exact) mass is 561 g/mol. The van der Waals surface area contributed by atoms with Gasteiger partial charge >= 0.3 is 12.3 Å². The predicted molar refractivity (Wildman–Crippen MR) is 126 cm³/mol. The molecule has 0 aliphatic carbocycles. The average Bonchev–Trinajstić information content (AvgIpc) is 3.30. The highest BCUT2D eigenvalue weighted by atomic mass is 79.9. The van der Waals surface area contributed by atoms with Crippen molar-refractivity contribution in [2.75, 3.05) is 5.32 Å². The fourth-order valence-electron chi connectivity index (χ4n) is 3.19. The van der Waals surface area contributed by atoms with E-state index in [1.54, 1.807) is 36.5 Å². The van der Waals surface area contributed by atoms with Crippen molar-refractivity contribution in [3.63, 3.8) is 0 Å². The minimum Gasteiger partial charge on any atom is -0.457 e. The van der Waals surface area contributed by atoms with Gasteiger partial charge in [-0.15, -0.1) is 0 Å². The van der Waals surface area contributed by atoms with Crippen LogP contribution in [0.5, 0.6) is 17.4 Å². The average molecular weight is 562 g/mol. The molecular formula is C24H15BrF3N3O5. The van der Waals surface area contributed by atoms with Crippen LogP contribution in [-0.4, -0.2) is 27.1 Å². The molecule has 0 atom stereocenters. The lowest BCUT2D eigenvalue weighted by atomic mass is 10.1. The molecule has 0 saturated carbocycles. The summed E-state index contributed by atoms with van der Waals surface area (Å²) in [7, 11) is 0. The van der Waals surface area contributed by atoms with Crippen LogP contribution in [0.25, 0.3) is 11.1 Å². The Kier molecular flexibility index (Phi) is 6.97. The number of benzene rings is 2. The molecule has 8 nitrogen and oxygen atoms in total.